The van der Waals surface area contributed by atoms with Crippen LogP contribution in [0.2, 0.25) is 0 Å². The van der Waals surface area contributed by atoms with Crippen LogP contribution >= 0.6 is 0 Å². The Balaban J connectivity index is 5.78. The van der Waals surface area contributed by atoms with Crippen LogP contribution in [0.4, 0.5) is 43.9 Å². The molecule has 0 aromatic rings. The van der Waals surface area contributed by atoms with Gasteiger partial charge < -0.3 is 4.74 Å². The van der Waals surface area contributed by atoms with Gasteiger partial charge in [-0.25, -0.2) is 4.39 Å². The maximum atomic E-state index is 13.2. The topological polar surface area (TPSA) is 18.5 Å². The fourth-order valence-electron chi connectivity index (χ4n) is 0.719. The first-order chi connectivity index (χ1) is 8.57. The zero-order valence-electron chi connectivity index (χ0n) is 9.01. The lowest BCUT2D eigenvalue weighted by Gasteiger charge is -2.34. The molecule has 0 saturated carbocycles. The molecule has 0 bridgehead atoms. The molecule has 0 spiro atoms. The molecule has 0 N–H and O–H groups in total. The molecule has 0 aliphatic carbocycles. The standard InChI is InChI=1S/C8H4F10O2/c1-3(9)5(11,12)20-6(13,7(14,15)16)8(17,18)19-4(2)10/h1-2H2. The highest BCUT2D eigenvalue weighted by molar-refractivity contribution is 4.97. The molecule has 0 amide bonds. The van der Waals surface area contributed by atoms with Gasteiger partial charge in [0, 0.05) is 0 Å². The van der Waals surface area contributed by atoms with Gasteiger partial charge in [0.25, 0.3) is 6.01 Å². The van der Waals surface area contributed by atoms with Crippen LogP contribution in [0.5, 0.6) is 0 Å². The third kappa shape index (κ3) is 3.55. The molecular weight excluding hydrogens is 318 g/mol. The van der Waals surface area contributed by atoms with Crippen molar-refractivity contribution in [3.63, 3.8) is 0 Å². The molecule has 0 radical (unpaired) electrons. The Kier molecular flexibility index (Phi) is 4.77. The number of hydrogen-bond acceptors (Lipinski definition) is 2. The normalized spacial score (nSPS) is 16.5. The molecule has 0 aromatic carbocycles. The van der Waals surface area contributed by atoms with Crippen LogP contribution in [0.25, 0.3) is 0 Å². The Morgan fingerprint density at radius 1 is 0.800 bits per heavy atom. The van der Waals surface area contributed by atoms with Crippen LogP contribution in [0, 0.1) is 0 Å². The van der Waals surface area contributed by atoms with E-state index in [1.165, 1.54) is 0 Å². The first-order valence-corrected chi connectivity index (χ1v) is 4.16. The van der Waals surface area contributed by atoms with E-state index in [9.17, 15) is 43.9 Å². The Morgan fingerprint density at radius 2 is 1.20 bits per heavy atom. The van der Waals surface area contributed by atoms with Gasteiger partial charge in [0.05, 0.1) is 0 Å². The summed E-state index contributed by atoms with van der Waals surface area (Å²) < 4.78 is 129. The molecule has 2 nitrogen and oxygen atoms in total. The van der Waals surface area contributed by atoms with Crippen LogP contribution in [0.1, 0.15) is 0 Å². The molecule has 1 atom stereocenters. The van der Waals surface area contributed by atoms with Crippen molar-refractivity contribution in [2.24, 2.45) is 0 Å². The molecule has 0 aliphatic rings. The van der Waals surface area contributed by atoms with Crippen molar-refractivity contribution in [2.75, 3.05) is 0 Å². The van der Waals surface area contributed by atoms with Gasteiger partial charge in [-0.3, -0.25) is 4.74 Å². The molecule has 1 unspecified atom stereocenters. The van der Waals surface area contributed by atoms with E-state index < -0.39 is 36.1 Å². The van der Waals surface area contributed by atoms with E-state index in [-0.39, 0.29) is 0 Å². The van der Waals surface area contributed by atoms with Gasteiger partial charge in [0.15, 0.2) is 5.83 Å². The third-order valence-corrected chi connectivity index (χ3v) is 1.56. The summed E-state index contributed by atoms with van der Waals surface area (Å²) in [5.41, 5.74) is 0. The zero-order chi connectivity index (χ0) is 16.6. The first kappa shape index (κ1) is 18.5. The fraction of sp³-hybridized carbons (Fsp3) is 0.500. The highest BCUT2D eigenvalue weighted by Crippen LogP contribution is 2.50. The van der Waals surface area contributed by atoms with Crippen LogP contribution in [-0.4, -0.2) is 24.2 Å². The Bertz CT molecular complexity index is 401. The minimum Gasteiger partial charge on any atom is -0.402 e. The van der Waals surface area contributed by atoms with Crippen LogP contribution in [0.15, 0.2) is 25.0 Å². The summed E-state index contributed by atoms with van der Waals surface area (Å²) in [6.07, 6.45) is -18.9. The second-order valence-corrected chi connectivity index (χ2v) is 3.09. The molecule has 12 heteroatoms. The maximum absolute atomic E-state index is 13.2. The summed E-state index contributed by atoms with van der Waals surface area (Å²) in [6.45, 7) is 3.71. The van der Waals surface area contributed by atoms with E-state index >= 15 is 0 Å². The second kappa shape index (κ2) is 5.14. The van der Waals surface area contributed by atoms with Crippen molar-refractivity contribution in [1.29, 1.82) is 0 Å². The molecule has 0 aliphatic heterocycles. The lowest BCUT2D eigenvalue weighted by atomic mass is 10.2. The van der Waals surface area contributed by atoms with Gasteiger partial charge in [-0.2, -0.15) is 39.5 Å². The first-order valence-electron chi connectivity index (χ1n) is 4.16. The molecule has 0 heterocycles. The summed E-state index contributed by atoms with van der Waals surface area (Å²) >= 11 is 0. The summed E-state index contributed by atoms with van der Waals surface area (Å²) in [5, 5.41) is 0. The fourth-order valence-corrected chi connectivity index (χ4v) is 0.719. The van der Waals surface area contributed by atoms with Crippen LogP contribution in [0.3, 0.4) is 0 Å². The van der Waals surface area contributed by atoms with Crippen molar-refractivity contribution >= 4 is 0 Å². The maximum Gasteiger partial charge on any atom is 0.471 e. The van der Waals surface area contributed by atoms with Gasteiger partial charge in [0.1, 0.15) is 0 Å². The van der Waals surface area contributed by atoms with Crippen LogP contribution < -0.4 is 0 Å². The predicted molar refractivity (Wildman–Crippen MR) is 42.5 cm³/mol. The van der Waals surface area contributed by atoms with E-state index in [1.54, 1.807) is 6.58 Å². The van der Waals surface area contributed by atoms with E-state index in [0.29, 0.717) is 0 Å². The smallest absolute Gasteiger partial charge is 0.402 e. The number of ether oxygens (including phenoxy) is 2. The Morgan fingerprint density at radius 3 is 1.45 bits per heavy atom. The van der Waals surface area contributed by atoms with Gasteiger partial charge in [-0.15, -0.1) is 0 Å². The third-order valence-electron chi connectivity index (χ3n) is 1.56. The van der Waals surface area contributed by atoms with Crippen molar-refractivity contribution in [2.45, 2.75) is 24.2 Å². The molecule has 0 aromatic heterocycles. The van der Waals surface area contributed by atoms with E-state index in [4.69, 9.17) is 0 Å². The summed E-state index contributed by atoms with van der Waals surface area (Å²) in [5.74, 6) is -9.58. The largest absolute Gasteiger partial charge is 0.471 e. The molecule has 118 valence electrons. The number of alkyl halides is 8. The lowest BCUT2D eigenvalue weighted by molar-refractivity contribution is -0.492. The average Bonchev–Trinajstić information content (AvgIpc) is 2.11. The van der Waals surface area contributed by atoms with Crippen molar-refractivity contribution in [3.05, 3.63) is 25.0 Å². The molecule has 0 rings (SSSR count). The number of rotatable bonds is 6. The minimum atomic E-state index is -6.84. The van der Waals surface area contributed by atoms with E-state index in [2.05, 4.69) is 9.47 Å². The van der Waals surface area contributed by atoms with Gasteiger partial charge in [0.2, 0.25) is 0 Å². The molecule has 20 heavy (non-hydrogen) atoms. The average molecular weight is 322 g/mol. The molecule has 0 fully saturated rings. The van der Waals surface area contributed by atoms with E-state index in [0.717, 1.165) is 0 Å². The van der Waals surface area contributed by atoms with Gasteiger partial charge >= 0.3 is 24.2 Å². The summed E-state index contributed by atoms with van der Waals surface area (Å²) in [7, 11) is 0. The van der Waals surface area contributed by atoms with Gasteiger partial charge in [-0.1, -0.05) is 6.58 Å². The highest BCUT2D eigenvalue weighted by Gasteiger charge is 2.78. The summed E-state index contributed by atoms with van der Waals surface area (Å²) in [6, 6.07) is -2.63. The Labute approximate surface area is 104 Å². The second-order valence-electron chi connectivity index (χ2n) is 3.09. The lowest BCUT2D eigenvalue weighted by Crippen LogP contribution is -2.60. The predicted octanol–water partition coefficient (Wildman–Crippen LogP) is 4.36. The van der Waals surface area contributed by atoms with Crippen molar-refractivity contribution in [1.82, 2.24) is 0 Å². The highest BCUT2D eigenvalue weighted by atomic mass is 19.4. The van der Waals surface area contributed by atoms with Crippen molar-refractivity contribution < 1.29 is 53.4 Å². The quantitative estimate of drug-likeness (QED) is 0.534. The monoisotopic (exact) mass is 322 g/mol. The minimum absolute atomic E-state index is 1.78. The van der Waals surface area contributed by atoms with Crippen LogP contribution in [-0.2, 0) is 9.47 Å². The van der Waals surface area contributed by atoms with E-state index in [1.807, 2.05) is 6.58 Å². The SMILES string of the molecule is C=C(F)OC(F)(F)C(F)(OC(F)(F)C(=C)F)C(F)(F)F. The zero-order valence-corrected chi connectivity index (χ0v) is 9.01. The van der Waals surface area contributed by atoms with Crippen molar-refractivity contribution in [3.8, 4) is 0 Å². The number of halogens is 10. The number of hydrogen-bond donors (Lipinski definition) is 0. The molecule has 0 saturated heterocycles. The summed E-state index contributed by atoms with van der Waals surface area (Å²) in [4.78, 5) is 0. The van der Waals surface area contributed by atoms with Gasteiger partial charge in [-0.05, 0) is 6.58 Å². The Hall–Kier alpha value is -1.46. The molecular formula is C8H4F10O2.